The van der Waals surface area contributed by atoms with E-state index in [0.29, 0.717) is 5.92 Å². The van der Waals surface area contributed by atoms with Crippen molar-refractivity contribution in [2.45, 2.75) is 40.2 Å². The average Bonchev–Trinajstić information content (AvgIpc) is 2.40. The molecule has 2 rings (SSSR count). The van der Waals surface area contributed by atoms with E-state index in [4.69, 9.17) is 5.73 Å². The molecule has 1 unspecified atom stereocenters. The number of nitrogens with two attached hydrogens (primary N) is 1. The highest BCUT2D eigenvalue weighted by Gasteiger charge is 2.12. The number of hydrogen-bond donors (Lipinski definition) is 1. The second kappa shape index (κ2) is 6.23. The minimum Gasteiger partial charge on any atom is -0.320 e. The lowest BCUT2D eigenvalue weighted by molar-refractivity contribution is 0.646. The largest absolute Gasteiger partial charge is 0.320 e. The number of rotatable bonds is 4. The lowest BCUT2D eigenvalue weighted by atomic mass is 9.92. The summed E-state index contributed by atoms with van der Waals surface area (Å²) in [7, 11) is 0. The maximum Gasteiger partial charge on any atom is 0.0554 e. The van der Waals surface area contributed by atoms with Gasteiger partial charge in [0.25, 0.3) is 0 Å². The maximum absolute atomic E-state index is 6.49. The van der Waals surface area contributed by atoms with Crippen molar-refractivity contribution in [3.63, 3.8) is 0 Å². The molecule has 0 saturated heterocycles. The monoisotopic (exact) mass is 267 g/mol. The van der Waals surface area contributed by atoms with Gasteiger partial charge in [0.2, 0.25) is 0 Å². The summed E-state index contributed by atoms with van der Waals surface area (Å²) in [5.41, 5.74) is 12.8. The molecule has 0 aromatic heterocycles. The molecule has 0 saturated carbocycles. The van der Waals surface area contributed by atoms with Gasteiger partial charge in [0.1, 0.15) is 0 Å². The van der Waals surface area contributed by atoms with Crippen molar-refractivity contribution in [1.29, 1.82) is 0 Å². The summed E-state index contributed by atoms with van der Waals surface area (Å²) in [6.07, 6.45) is 1.10. The van der Waals surface area contributed by atoms with Crippen LogP contribution in [0.1, 0.15) is 47.7 Å². The fraction of sp³-hybridized carbons (Fsp3) is 0.368. The molecule has 0 fully saturated rings. The molecule has 1 atom stereocenters. The summed E-state index contributed by atoms with van der Waals surface area (Å²) in [5.74, 6) is 0.669. The first-order valence-electron chi connectivity index (χ1n) is 7.39. The molecule has 0 heterocycles. The van der Waals surface area contributed by atoms with Gasteiger partial charge in [0.15, 0.2) is 0 Å². The summed E-state index contributed by atoms with van der Waals surface area (Å²) < 4.78 is 0. The second-order valence-electron chi connectivity index (χ2n) is 6.18. The van der Waals surface area contributed by atoms with Gasteiger partial charge in [-0.1, -0.05) is 61.9 Å². The summed E-state index contributed by atoms with van der Waals surface area (Å²) in [5, 5.41) is 0. The molecule has 0 radical (unpaired) electrons. The van der Waals surface area contributed by atoms with Crippen molar-refractivity contribution in [2.75, 3.05) is 0 Å². The van der Waals surface area contributed by atoms with Gasteiger partial charge in [-0.05, 0) is 48.4 Å². The summed E-state index contributed by atoms with van der Waals surface area (Å²) in [4.78, 5) is 0. The number of hydrogen-bond acceptors (Lipinski definition) is 1. The average molecular weight is 267 g/mol. The SMILES string of the molecule is Cc1ccc(C)c(C(N)c2cccc(CC(C)C)c2)c1. The molecule has 0 aliphatic heterocycles. The van der Waals surface area contributed by atoms with E-state index in [0.717, 1.165) is 6.42 Å². The van der Waals surface area contributed by atoms with Crippen LogP contribution in [0, 0.1) is 19.8 Å². The Balaban J connectivity index is 2.33. The van der Waals surface area contributed by atoms with Gasteiger partial charge in [0.05, 0.1) is 6.04 Å². The molecule has 0 aliphatic carbocycles. The van der Waals surface area contributed by atoms with Crippen LogP contribution in [0.25, 0.3) is 0 Å². The van der Waals surface area contributed by atoms with Gasteiger partial charge in [-0.2, -0.15) is 0 Å². The number of benzene rings is 2. The maximum atomic E-state index is 6.49. The molecule has 0 spiro atoms. The van der Waals surface area contributed by atoms with Crippen LogP contribution in [0.2, 0.25) is 0 Å². The number of aryl methyl sites for hydroxylation is 2. The lowest BCUT2D eigenvalue weighted by Crippen LogP contribution is -2.14. The third-order valence-electron chi connectivity index (χ3n) is 3.72. The van der Waals surface area contributed by atoms with Crippen molar-refractivity contribution < 1.29 is 0 Å². The van der Waals surface area contributed by atoms with Crippen molar-refractivity contribution in [3.8, 4) is 0 Å². The molecule has 2 aromatic carbocycles. The Hall–Kier alpha value is -1.60. The van der Waals surface area contributed by atoms with Crippen LogP contribution >= 0.6 is 0 Å². The van der Waals surface area contributed by atoms with Crippen LogP contribution in [0.5, 0.6) is 0 Å². The minimum absolute atomic E-state index is 0.0398. The second-order valence-corrected chi connectivity index (χ2v) is 6.18. The zero-order valence-electron chi connectivity index (χ0n) is 13.0. The summed E-state index contributed by atoms with van der Waals surface area (Å²) in [6, 6.07) is 15.2. The molecule has 2 N–H and O–H groups in total. The Morgan fingerprint density at radius 3 is 2.45 bits per heavy atom. The molecule has 1 nitrogen and oxygen atoms in total. The minimum atomic E-state index is -0.0398. The van der Waals surface area contributed by atoms with E-state index >= 15 is 0 Å². The predicted molar refractivity (Wildman–Crippen MR) is 86.9 cm³/mol. The van der Waals surface area contributed by atoms with E-state index in [-0.39, 0.29) is 6.04 Å². The molecule has 0 bridgehead atoms. The molecule has 0 aliphatic rings. The summed E-state index contributed by atoms with van der Waals surface area (Å²) >= 11 is 0. The van der Waals surface area contributed by atoms with Gasteiger partial charge in [0, 0.05) is 0 Å². The Morgan fingerprint density at radius 1 is 1.00 bits per heavy atom. The molecule has 106 valence electrons. The predicted octanol–water partition coefficient (Wildman–Crippen LogP) is 4.55. The van der Waals surface area contributed by atoms with Crippen LogP contribution < -0.4 is 5.73 Å². The zero-order valence-corrected chi connectivity index (χ0v) is 13.0. The van der Waals surface area contributed by atoms with Crippen LogP contribution in [0.4, 0.5) is 0 Å². The third-order valence-corrected chi connectivity index (χ3v) is 3.72. The molecular formula is C19H25N. The van der Waals surface area contributed by atoms with E-state index in [1.165, 1.54) is 27.8 Å². The standard InChI is InChI=1S/C19H25N/c1-13(2)10-16-6-5-7-17(12-16)19(20)18-11-14(3)8-9-15(18)4/h5-9,11-13,19H,10,20H2,1-4H3. The molecule has 2 aromatic rings. The van der Waals surface area contributed by atoms with E-state index in [9.17, 15) is 0 Å². The molecular weight excluding hydrogens is 242 g/mol. The first-order chi connectivity index (χ1) is 9.47. The topological polar surface area (TPSA) is 26.0 Å². The fourth-order valence-electron chi connectivity index (χ4n) is 2.66. The van der Waals surface area contributed by atoms with Crippen molar-refractivity contribution >= 4 is 0 Å². The molecule has 1 heteroatoms. The van der Waals surface area contributed by atoms with E-state index in [1.807, 2.05) is 0 Å². The molecule has 0 amide bonds. The van der Waals surface area contributed by atoms with Crippen LogP contribution in [-0.4, -0.2) is 0 Å². The zero-order chi connectivity index (χ0) is 14.7. The Morgan fingerprint density at radius 2 is 1.75 bits per heavy atom. The van der Waals surface area contributed by atoms with Crippen molar-refractivity contribution in [1.82, 2.24) is 0 Å². The lowest BCUT2D eigenvalue weighted by Gasteiger charge is -2.17. The fourth-order valence-corrected chi connectivity index (χ4v) is 2.66. The Labute approximate surface area is 122 Å². The van der Waals surface area contributed by atoms with E-state index in [1.54, 1.807) is 0 Å². The van der Waals surface area contributed by atoms with Gasteiger partial charge >= 0.3 is 0 Å². The van der Waals surface area contributed by atoms with Gasteiger partial charge < -0.3 is 5.73 Å². The Bertz CT molecular complexity index is 584. The van der Waals surface area contributed by atoms with E-state index < -0.39 is 0 Å². The van der Waals surface area contributed by atoms with Gasteiger partial charge in [-0.3, -0.25) is 0 Å². The highest BCUT2D eigenvalue weighted by molar-refractivity contribution is 5.39. The van der Waals surface area contributed by atoms with Gasteiger partial charge in [-0.15, -0.1) is 0 Å². The van der Waals surface area contributed by atoms with Crippen LogP contribution in [0.3, 0.4) is 0 Å². The van der Waals surface area contributed by atoms with Crippen LogP contribution in [0.15, 0.2) is 42.5 Å². The highest BCUT2D eigenvalue weighted by atomic mass is 14.6. The summed E-state index contributed by atoms with van der Waals surface area (Å²) in [6.45, 7) is 8.74. The quantitative estimate of drug-likeness (QED) is 0.864. The first-order valence-corrected chi connectivity index (χ1v) is 7.39. The van der Waals surface area contributed by atoms with Crippen LogP contribution in [-0.2, 0) is 6.42 Å². The van der Waals surface area contributed by atoms with Crippen molar-refractivity contribution in [3.05, 3.63) is 70.3 Å². The smallest absolute Gasteiger partial charge is 0.0554 e. The van der Waals surface area contributed by atoms with E-state index in [2.05, 4.69) is 70.2 Å². The molecule has 20 heavy (non-hydrogen) atoms. The Kier molecular flexibility index (Phi) is 4.61. The van der Waals surface area contributed by atoms with Gasteiger partial charge in [-0.25, -0.2) is 0 Å². The third kappa shape index (κ3) is 3.49. The highest BCUT2D eigenvalue weighted by Crippen LogP contribution is 2.25. The first kappa shape index (κ1) is 14.8. The normalized spacial score (nSPS) is 12.7. The van der Waals surface area contributed by atoms with Crippen molar-refractivity contribution in [2.24, 2.45) is 11.7 Å².